The average Bonchev–Trinajstić information content (AvgIpc) is 2.86. The number of aromatic nitrogens is 2. The summed E-state index contributed by atoms with van der Waals surface area (Å²) in [6, 6.07) is 10.8. The maximum absolute atomic E-state index is 13.6. The van der Waals surface area contributed by atoms with Crippen LogP contribution in [0, 0.1) is 0 Å². The Balaban J connectivity index is 1.96. The van der Waals surface area contributed by atoms with Crippen molar-refractivity contribution in [2.24, 2.45) is 4.99 Å². The Morgan fingerprint density at radius 1 is 1.04 bits per heavy atom. The number of nitrogens with zero attached hydrogens (tertiary/aromatic N) is 4. The number of aliphatic imine (C=N–C) groups is 1. The second kappa shape index (κ2) is 5.38. The lowest BCUT2D eigenvalue weighted by Gasteiger charge is -2.16. The largest absolute Gasteiger partial charge is 0.679 e. The molecule has 0 bridgehead atoms. The third kappa shape index (κ3) is 2.30. The van der Waals surface area contributed by atoms with Crippen molar-refractivity contribution in [3.8, 4) is 0 Å². The van der Waals surface area contributed by atoms with Crippen molar-refractivity contribution in [3.63, 3.8) is 0 Å². The third-order valence-corrected chi connectivity index (χ3v) is 4.03. The average molecular weight is 373 g/mol. The number of hydrogen-bond donors (Lipinski definition) is 0. The fourth-order valence-electron chi connectivity index (χ4n) is 2.72. The van der Waals surface area contributed by atoms with Crippen LogP contribution in [-0.4, -0.2) is 23.2 Å². The Labute approximate surface area is 139 Å². The Bertz CT molecular complexity index is 925. The van der Waals surface area contributed by atoms with Crippen LogP contribution in [-0.2, 0) is 0 Å². The molecule has 0 aliphatic carbocycles. The molecule has 0 spiro atoms. The molecule has 0 fully saturated rings. The second-order valence-corrected chi connectivity index (χ2v) is 5.88. The minimum absolute atomic E-state index is 0.138. The van der Waals surface area contributed by atoms with Crippen LogP contribution in [0.3, 0.4) is 0 Å². The van der Waals surface area contributed by atoms with Crippen molar-refractivity contribution in [2.45, 2.75) is 0 Å². The number of hydrogen-bond acceptors (Lipinski definition) is 3. The lowest BCUT2D eigenvalue weighted by Crippen LogP contribution is -2.36. The first kappa shape index (κ1) is 14.3. The lowest BCUT2D eigenvalue weighted by atomic mass is 10.1. The molecule has 0 N–H and O–H groups in total. The summed E-state index contributed by atoms with van der Waals surface area (Å²) in [5.41, 5.74) is 1.11. The summed E-state index contributed by atoms with van der Waals surface area (Å²) in [5.74, 6) is 0.299. The number of benzene rings is 2. The predicted molar refractivity (Wildman–Crippen MR) is 90.3 cm³/mol. The Hall–Kier alpha value is -2.35. The van der Waals surface area contributed by atoms with Crippen LogP contribution in [0.25, 0.3) is 10.8 Å². The molecule has 3 aromatic rings. The molecule has 0 amide bonds. The van der Waals surface area contributed by atoms with E-state index in [1.807, 2.05) is 18.2 Å². The molecule has 1 aromatic heterocycles. The van der Waals surface area contributed by atoms with E-state index in [0.29, 0.717) is 15.7 Å². The summed E-state index contributed by atoms with van der Waals surface area (Å²) < 4.78 is 28.0. The summed E-state index contributed by atoms with van der Waals surface area (Å²) in [7, 11) is -2.71. The van der Waals surface area contributed by atoms with Crippen LogP contribution >= 0.6 is 15.9 Å². The van der Waals surface area contributed by atoms with Crippen molar-refractivity contribution in [3.05, 3.63) is 58.8 Å². The van der Waals surface area contributed by atoms with E-state index in [1.165, 1.54) is 12.4 Å². The molecule has 23 heavy (non-hydrogen) atoms. The van der Waals surface area contributed by atoms with Gasteiger partial charge in [0, 0.05) is 29.0 Å². The van der Waals surface area contributed by atoms with Gasteiger partial charge in [-0.2, -0.15) is 4.99 Å². The van der Waals surface area contributed by atoms with Crippen LogP contribution in [0.15, 0.2) is 58.3 Å². The maximum Gasteiger partial charge on any atom is 0.679 e. The summed E-state index contributed by atoms with van der Waals surface area (Å²) in [6.07, 6.45) is 3.06. The molecule has 2 heterocycles. The van der Waals surface area contributed by atoms with Gasteiger partial charge in [-0.3, -0.25) is 8.63 Å². The molecular formula is C15H8BBrF2N4. The van der Waals surface area contributed by atoms with Gasteiger partial charge in [-0.25, -0.2) is 9.97 Å². The topological polar surface area (TPSA) is 41.4 Å². The maximum atomic E-state index is 13.6. The molecule has 4 nitrogen and oxygen atoms in total. The molecule has 1 aliphatic heterocycles. The van der Waals surface area contributed by atoms with Crippen LogP contribution in [0.4, 0.5) is 20.3 Å². The van der Waals surface area contributed by atoms with Gasteiger partial charge in [0.1, 0.15) is 5.84 Å². The van der Waals surface area contributed by atoms with E-state index in [4.69, 9.17) is 0 Å². The van der Waals surface area contributed by atoms with Crippen LogP contribution < -0.4 is 4.81 Å². The van der Waals surface area contributed by atoms with Gasteiger partial charge in [-0.05, 0) is 27.4 Å². The molecular weight excluding hydrogens is 365 g/mol. The van der Waals surface area contributed by atoms with Crippen molar-refractivity contribution >= 4 is 51.6 Å². The minimum atomic E-state index is -2.71. The van der Waals surface area contributed by atoms with E-state index in [1.54, 1.807) is 18.2 Å². The smallest absolute Gasteiger partial charge is 0.309 e. The van der Waals surface area contributed by atoms with E-state index in [2.05, 4.69) is 30.9 Å². The Morgan fingerprint density at radius 3 is 2.43 bits per heavy atom. The molecule has 1 aliphatic rings. The molecule has 112 valence electrons. The van der Waals surface area contributed by atoms with Crippen LogP contribution in [0.1, 0.15) is 5.56 Å². The van der Waals surface area contributed by atoms with Gasteiger partial charge in [0.15, 0.2) is 0 Å². The first-order chi connectivity index (χ1) is 11.1. The van der Waals surface area contributed by atoms with Gasteiger partial charge in [0.05, 0.1) is 4.47 Å². The number of amidine groups is 1. The molecule has 0 unspecified atom stereocenters. The fraction of sp³-hybridized carbons (Fsp3) is 0. The highest BCUT2D eigenvalue weighted by atomic mass is 79.9. The van der Waals surface area contributed by atoms with Gasteiger partial charge in [0.2, 0.25) is 0 Å². The third-order valence-electron chi connectivity index (χ3n) is 3.62. The molecule has 0 atom stereocenters. The highest BCUT2D eigenvalue weighted by Gasteiger charge is 2.38. The lowest BCUT2D eigenvalue weighted by molar-refractivity contribution is 0.660. The summed E-state index contributed by atoms with van der Waals surface area (Å²) in [4.78, 5) is 13.3. The first-order valence-electron chi connectivity index (χ1n) is 6.81. The van der Waals surface area contributed by atoms with E-state index < -0.39 is 7.40 Å². The van der Waals surface area contributed by atoms with Crippen molar-refractivity contribution in [2.75, 3.05) is 4.81 Å². The van der Waals surface area contributed by atoms with Crippen LogP contribution in [0.2, 0.25) is 0 Å². The molecule has 0 saturated carbocycles. The van der Waals surface area contributed by atoms with E-state index >= 15 is 0 Å². The predicted octanol–water partition coefficient (Wildman–Crippen LogP) is 4.21. The normalized spacial score (nSPS) is 14.7. The standard InChI is InChI=1S/C15H8BBrF2N4/c17-10-7-20-15(21-8-10)22-14-11-5-1-3-9-4-2-6-12(13(9)11)23(14)16(18)19/h1-8H/b22-14-. The summed E-state index contributed by atoms with van der Waals surface area (Å²) in [6.45, 7) is 0. The van der Waals surface area contributed by atoms with Gasteiger partial charge >= 0.3 is 7.40 Å². The van der Waals surface area contributed by atoms with E-state index in [9.17, 15) is 8.63 Å². The Kier molecular flexibility index (Phi) is 3.34. The monoisotopic (exact) mass is 372 g/mol. The van der Waals surface area contributed by atoms with Crippen molar-refractivity contribution in [1.82, 2.24) is 9.97 Å². The van der Waals surface area contributed by atoms with Gasteiger partial charge in [0.25, 0.3) is 5.95 Å². The van der Waals surface area contributed by atoms with Gasteiger partial charge < -0.3 is 4.81 Å². The van der Waals surface area contributed by atoms with Crippen molar-refractivity contribution in [1.29, 1.82) is 0 Å². The molecule has 2 aromatic carbocycles. The number of rotatable bonds is 2. The minimum Gasteiger partial charge on any atom is -0.309 e. The molecule has 0 saturated heterocycles. The first-order valence-corrected chi connectivity index (χ1v) is 7.60. The quantitative estimate of drug-likeness (QED) is 0.632. The summed E-state index contributed by atoms with van der Waals surface area (Å²) in [5, 5.41) is 1.67. The van der Waals surface area contributed by atoms with Gasteiger partial charge in [-0.15, -0.1) is 0 Å². The Morgan fingerprint density at radius 2 is 1.74 bits per heavy atom. The summed E-state index contributed by atoms with van der Waals surface area (Å²) >= 11 is 3.24. The zero-order valence-electron chi connectivity index (χ0n) is 11.6. The molecule has 4 rings (SSSR count). The zero-order chi connectivity index (χ0) is 16.0. The van der Waals surface area contributed by atoms with E-state index in [0.717, 1.165) is 15.6 Å². The number of anilines is 1. The van der Waals surface area contributed by atoms with Crippen molar-refractivity contribution < 1.29 is 8.63 Å². The fourth-order valence-corrected chi connectivity index (χ4v) is 2.93. The van der Waals surface area contributed by atoms with Crippen LogP contribution in [0.5, 0.6) is 0 Å². The van der Waals surface area contributed by atoms with E-state index in [-0.39, 0.29) is 11.8 Å². The highest BCUT2D eigenvalue weighted by molar-refractivity contribution is 9.10. The zero-order valence-corrected chi connectivity index (χ0v) is 13.2. The highest BCUT2D eigenvalue weighted by Crippen LogP contribution is 2.39. The second-order valence-electron chi connectivity index (χ2n) is 4.97. The molecule has 8 heteroatoms. The number of halogens is 3. The SMILES string of the molecule is FB(F)N1/C(=N\c2ncc(Br)cn2)c2cccc3cccc1c23. The molecule has 0 radical (unpaired) electrons. The van der Waals surface area contributed by atoms with Gasteiger partial charge in [-0.1, -0.05) is 30.3 Å².